The van der Waals surface area contributed by atoms with Gasteiger partial charge in [0, 0.05) is 18.9 Å². The minimum atomic E-state index is -0.875. The molecule has 0 bridgehead atoms. The Balaban J connectivity index is 2.99. The number of carboxylic acids is 1. The molecule has 1 unspecified atom stereocenters. The Morgan fingerprint density at radius 2 is 2.44 bits per heavy atom. The van der Waals surface area contributed by atoms with Crippen LogP contribution in [-0.2, 0) is 4.79 Å². The van der Waals surface area contributed by atoms with E-state index in [1.54, 1.807) is 24.1 Å². The number of carboxylic acid groups (broad SMARTS) is 1. The zero-order valence-electron chi connectivity index (χ0n) is 9.21. The van der Waals surface area contributed by atoms with Crippen LogP contribution in [0.2, 0.25) is 0 Å². The van der Waals surface area contributed by atoms with Crippen molar-refractivity contribution in [3.05, 3.63) is 24.0 Å². The number of nitrogens with zero attached hydrogens (tertiary/aromatic N) is 3. The van der Waals surface area contributed by atoms with Crippen molar-refractivity contribution < 1.29 is 9.90 Å². The van der Waals surface area contributed by atoms with Gasteiger partial charge in [0.25, 0.3) is 0 Å². The molecule has 0 spiro atoms. The van der Waals surface area contributed by atoms with E-state index in [-0.39, 0.29) is 5.69 Å². The maximum Gasteiger partial charge on any atom is 0.326 e. The van der Waals surface area contributed by atoms with Gasteiger partial charge in [-0.15, -0.1) is 0 Å². The highest BCUT2D eigenvalue weighted by Gasteiger charge is 2.20. The summed E-state index contributed by atoms with van der Waals surface area (Å²) in [5.41, 5.74) is 0.963. The van der Waals surface area contributed by atoms with E-state index in [0.29, 0.717) is 12.1 Å². The van der Waals surface area contributed by atoms with E-state index >= 15 is 0 Å². The van der Waals surface area contributed by atoms with Gasteiger partial charge in [0.05, 0.1) is 0 Å². The molecule has 1 heterocycles. The first-order valence-electron chi connectivity index (χ1n) is 4.92. The number of aliphatic carboxylic acids is 1. The molecule has 1 aromatic rings. The largest absolute Gasteiger partial charge is 0.480 e. The minimum absolute atomic E-state index is 0.282. The Hall–Kier alpha value is -2.09. The van der Waals surface area contributed by atoms with Crippen molar-refractivity contribution in [3.63, 3.8) is 0 Å². The van der Waals surface area contributed by atoms with Gasteiger partial charge in [-0.1, -0.05) is 6.92 Å². The summed E-state index contributed by atoms with van der Waals surface area (Å²) in [6.07, 6.45) is 2.00. The Morgan fingerprint density at radius 3 is 2.94 bits per heavy atom. The predicted molar refractivity (Wildman–Crippen MR) is 59.1 cm³/mol. The van der Waals surface area contributed by atoms with Crippen LogP contribution in [0.25, 0.3) is 0 Å². The number of rotatable bonds is 4. The predicted octanol–water partition coefficient (Wildman–Crippen LogP) is 1.25. The molecule has 16 heavy (non-hydrogen) atoms. The van der Waals surface area contributed by atoms with Crippen molar-refractivity contribution in [1.82, 2.24) is 4.98 Å². The summed E-state index contributed by atoms with van der Waals surface area (Å²) in [6.45, 7) is 1.81. The second-order valence-corrected chi connectivity index (χ2v) is 3.38. The molecule has 0 aliphatic rings. The molecule has 1 atom stereocenters. The lowest BCUT2D eigenvalue weighted by molar-refractivity contribution is -0.138. The summed E-state index contributed by atoms with van der Waals surface area (Å²) in [5, 5.41) is 17.7. The quantitative estimate of drug-likeness (QED) is 0.824. The van der Waals surface area contributed by atoms with Gasteiger partial charge in [-0.25, -0.2) is 9.78 Å². The van der Waals surface area contributed by atoms with Crippen LogP contribution in [0.5, 0.6) is 0 Å². The third-order valence-corrected chi connectivity index (χ3v) is 2.40. The van der Waals surface area contributed by atoms with Crippen LogP contribution in [0.15, 0.2) is 18.3 Å². The lowest BCUT2D eigenvalue weighted by Gasteiger charge is -2.25. The van der Waals surface area contributed by atoms with Crippen LogP contribution in [0.3, 0.4) is 0 Å². The van der Waals surface area contributed by atoms with Gasteiger partial charge in [-0.2, -0.15) is 5.26 Å². The van der Waals surface area contributed by atoms with Gasteiger partial charge in [0.1, 0.15) is 17.8 Å². The zero-order valence-corrected chi connectivity index (χ0v) is 9.21. The Morgan fingerprint density at radius 1 is 1.75 bits per heavy atom. The summed E-state index contributed by atoms with van der Waals surface area (Å²) >= 11 is 0. The number of nitriles is 1. The molecule has 0 saturated heterocycles. The van der Waals surface area contributed by atoms with E-state index in [9.17, 15) is 4.79 Å². The first-order valence-corrected chi connectivity index (χ1v) is 4.92. The molecule has 5 heteroatoms. The van der Waals surface area contributed by atoms with Crippen molar-refractivity contribution in [3.8, 4) is 6.07 Å². The molecule has 0 aromatic carbocycles. The molecule has 0 radical (unpaired) electrons. The number of hydrogen-bond acceptors (Lipinski definition) is 4. The third-order valence-electron chi connectivity index (χ3n) is 2.40. The lowest BCUT2D eigenvalue weighted by Crippen LogP contribution is -2.37. The Kier molecular flexibility index (Phi) is 3.84. The molecule has 84 valence electrons. The summed E-state index contributed by atoms with van der Waals surface area (Å²) in [7, 11) is 1.69. The zero-order chi connectivity index (χ0) is 12.1. The normalized spacial score (nSPS) is 11.6. The van der Waals surface area contributed by atoms with Gasteiger partial charge in [-0.3, -0.25) is 0 Å². The fraction of sp³-hybridized carbons (Fsp3) is 0.364. The van der Waals surface area contributed by atoms with E-state index in [2.05, 4.69) is 4.98 Å². The topological polar surface area (TPSA) is 77.2 Å². The van der Waals surface area contributed by atoms with Crippen molar-refractivity contribution in [2.45, 2.75) is 19.4 Å². The average molecular weight is 219 g/mol. The molecule has 0 aliphatic heterocycles. The van der Waals surface area contributed by atoms with Crippen LogP contribution < -0.4 is 4.90 Å². The second kappa shape index (κ2) is 5.12. The standard InChI is InChI=1S/C11H13N3O2/c1-3-10(11(15)16)14(2)9-4-5-13-8(6-9)7-12/h4-6,10H,3H2,1-2H3,(H,15,16). The molecular weight excluding hydrogens is 206 g/mol. The van der Waals surface area contributed by atoms with E-state index in [0.717, 1.165) is 0 Å². The SMILES string of the molecule is CCC(C(=O)O)N(C)c1ccnc(C#N)c1. The number of pyridine rings is 1. The Labute approximate surface area is 93.9 Å². The molecule has 0 amide bonds. The maximum absolute atomic E-state index is 11.0. The first kappa shape index (κ1) is 12.0. The van der Waals surface area contributed by atoms with Crippen molar-refractivity contribution in [1.29, 1.82) is 5.26 Å². The smallest absolute Gasteiger partial charge is 0.326 e. The van der Waals surface area contributed by atoms with Gasteiger partial charge in [0.15, 0.2) is 0 Å². The van der Waals surface area contributed by atoms with E-state index in [1.165, 1.54) is 6.20 Å². The van der Waals surface area contributed by atoms with Crippen LogP contribution in [-0.4, -0.2) is 29.1 Å². The van der Waals surface area contributed by atoms with Gasteiger partial charge in [0.2, 0.25) is 0 Å². The molecule has 1 N–H and O–H groups in total. The maximum atomic E-state index is 11.0. The van der Waals surface area contributed by atoms with Crippen LogP contribution >= 0.6 is 0 Å². The molecule has 0 saturated carbocycles. The van der Waals surface area contributed by atoms with Crippen molar-refractivity contribution >= 4 is 11.7 Å². The number of likely N-dealkylation sites (N-methyl/N-ethyl adjacent to an activating group) is 1. The monoisotopic (exact) mass is 219 g/mol. The molecule has 0 fully saturated rings. The summed E-state index contributed by atoms with van der Waals surface area (Å²) in [6, 6.07) is 4.60. The second-order valence-electron chi connectivity index (χ2n) is 3.38. The van der Waals surface area contributed by atoms with E-state index in [1.807, 2.05) is 13.0 Å². The molecule has 5 nitrogen and oxygen atoms in total. The van der Waals surface area contributed by atoms with Gasteiger partial charge in [-0.05, 0) is 18.6 Å². The number of hydrogen-bond donors (Lipinski definition) is 1. The van der Waals surface area contributed by atoms with Gasteiger partial charge >= 0.3 is 5.97 Å². The molecular formula is C11H13N3O2. The van der Waals surface area contributed by atoms with Crippen LogP contribution in [0, 0.1) is 11.3 Å². The van der Waals surface area contributed by atoms with Gasteiger partial charge < -0.3 is 10.0 Å². The van der Waals surface area contributed by atoms with E-state index < -0.39 is 12.0 Å². The number of anilines is 1. The van der Waals surface area contributed by atoms with E-state index in [4.69, 9.17) is 10.4 Å². The lowest BCUT2D eigenvalue weighted by atomic mass is 10.2. The minimum Gasteiger partial charge on any atom is -0.480 e. The number of aromatic nitrogens is 1. The summed E-state index contributed by atoms with van der Waals surface area (Å²) in [4.78, 5) is 16.4. The average Bonchev–Trinajstić information content (AvgIpc) is 2.29. The van der Waals surface area contributed by atoms with Crippen molar-refractivity contribution in [2.24, 2.45) is 0 Å². The number of carbonyl (C=O) groups is 1. The molecule has 0 aliphatic carbocycles. The fourth-order valence-electron chi connectivity index (χ4n) is 1.49. The third kappa shape index (κ3) is 2.48. The molecule has 1 aromatic heterocycles. The molecule has 1 rings (SSSR count). The van der Waals surface area contributed by atoms with Crippen LogP contribution in [0.1, 0.15) is 19.0 Å². The van der Waals surface area contributed by atoms with Crippen LogP contribution in [0.4, 0.5) is 5.69 Å². The highest BCUT2D eigenvalue weighted by molar-refractivity contribution is 5.78. The summed E-state index contributed by atoms with van der Waals surface area (Å²) in [5.74, 6) is -0.875. The van der Waals surface area contributed by atoms with Crippen molar-refractivity contribution in [2.75, 3.05) is 11.9 Å². The Bertz CT molecular complexity index is 425. The fourth-order valence-corrected chi connectivity index (χ4v) is 1.49. The summed E-state index contributed by atoms with van der Waals surface area (Å²) < 4.78 is 0. The highest BCUT2D eigenvalue weighted by Crippen LogP contribution is 2.16. The first-order chi connectivity index (χ1) is 7.60. The highest BCUT2D eigenvalue weighted by atomic mass is 16.4.